The second kappa shape index (κ2) is 4.50. The molecule has 4 heteroatoms. The van der Waals surface area contributed by atoms with Crippen LogP contribution in [0.15, 0.2) is 12.4 Å². The van der Waals surface area contributed by atoms with Crippen LogP contribution in [0.2, 0.25) is 0 Å². The Kier molecular flexibility index (Phi) is 2.98. The van der Waals surface area contributed by atoms with E-state index in [1.807, 2.05) is 17.8 Å². The second-order valence-electron chi connectivity index (χ2n) is 5.65. The minimum Gasteiger partial charge on any atom is -0.375 e. The maximum Gasteiger partial charge on any atom is 0.201 e. The summed E-state index contributed by atoms with van der Waals surface area (Å²) in [6.45, 7) is 0.723. The Balaban J connectivity index is 1.76. The fourth-order valence-corrected chi connectivity index (χ4v) is 3.40. The van der Waals surface area contributed by atoms with Gasteiger partial charge in [-0.15, -0.1) is 0 Å². The van der Waals surface area contributed by atoms with Gasteiger partial charge in [0, 0.05) is 32.0 Å². The summed E-state index contributed by atoms with van der Waals surface area (Å²) >= 11 is 0. The number of imidazole rings is 1. The number of aryl methyl sites for hydroxylation is 1. The van der Waals surface area contributed by atoms with E-state index < -0.39 is 0 Å². The van der Waals surface area contributed by atoms with Gasteiger partial charge < -0.3 is 9.30 Å². The number of ketones is 1. The number of Topliss-reactive ketones (excluding diaryl/α,β-unsaturated/α-hetero) is 1. The molecule has 1 saturated heterocycles. The first-order valence-electron chi connectivity index (χ1n) is 6.86. The van der Waals surface area contributed by atoms with Crippen molar-refractivity contribution in [1.29, 1.82) is 0 Å². The topological polar surface area (TPSA) is 44.1 Å². The van der Waals surface area contributed by atoms with Crippen molar-refractivity contribution in [3.8, 4) is 0 Å². The number of carbonyl (C=O) groups excluding carboxylic acids is 1. The van der Waals surface area contributed by atoms with Crippen LogP contribution in [0, 0.1) is 5.92 Å². The molecular formula is C14H20N2O2. The van der Waals surface area contributed by atoms with Gasteiger partial charge in [0.15, 0.2) is 5.82 Å². The molecule has 1 unspecified atom stereocenters. The van der Waals surface area contributed by atoms with Crippen LogP contribution in [0.25, 0.3) is 0 Å². The van der Waals surface area contributed by atoms with Crippen molar-refractivity contribution in [3.05, 3.63) is 18.2 Å². The number of nitrogens with zero attached hydrogens (tertiary/aromatic N) is 2. The molecule has 0 bridgehead atoms. The normalized spacial score (nSPS) is 26.6. The SMILES string of the molecule is Cn1ccnc1C(=O)C1CCOC2(CCCC2)C1. The number of ether oxygens (including phenoxy) is 1. The predicted molar refractivity (Wildman–Crippen MR) is 67.4 cm³/mol. The molecule has 1 aliphatic carbocycles. The Hall–Kier alpha value is -1.16. The van der Waals surface area contributed by atoms with Crippen LogP contribution in [0.4, 0.5) is 0 Å². The van der Waals surface area contributed by atoms with E-state index >= 15 is 0 Å². The molecule has 0 N–H and O–H groups in total. The number of rotatable bonds is 2. The van der Waals surface area contributed by atoms with Gasteiger partial charge in [0.05, 0.1) is 5.60 Å². The van der Waals surface area contributed by atoms with Crippen molar-refractivity contribution in [2.24, 2.45) is 13.0 Å². The summed E-state index contributed by atoms with van der Waals surface area (Å²) in [7, 11) is 1.88. The predicted octanol–water partition coefficient (Wildman–Crippen LogP) is 2.34. The Morgan fingerprint density at radius 2 is 2.28 bits per heavy atom. The smallest absolute Gasteiger partial charge is 0.201 e. The molecule has 3 rings (SSSR count). The molecule has 1 spiro atoms. The van der Waals surface area contributed by atoms with E-state index in [1.165, 1.54) is 12.8 Å². The molecule has 0 aromatic carbocycles. The number of hydrogen-bond donors (Lipinski definition) is 0. The lowest BCUT2D eigenvalue weighted by atomic mass is 9.82. The minimum absolute atomic E-state index is 0.00371. The van der Waals surface area contributed by atoms with E-state index in [0.29, 0.717) is 5.82 Å². The van der Waals surface area contributed by atoms with Crippen molar-refractivity contribution >= 4 is 5.78 Å². The van der Waals surface area contributed by atoms with Gasteiger partial charge >= 0.3 is 0 Å². The standard InChI is InChI=1S/C14H20N2O2/c1-16-8-7-15-13(16)12(17)11-4-9-18-14(10-11)5-2-3-6-14/h7-8,11H,2-6,9-10H2,1H3. The summed E-state index contributed by atoms with van der Waals surface area (Å²) in [6, 6.07) is 0. The monoisotopic (exact) mass is 248 g/mol. The lowest BCUT2D eigenvalue weighted by Crippen LogP contribution is -2.40. The Morgan fingerprint density at radius 3 is 2.94 bits per heavy atom. The molecular weight excluding hydrogens is 228 g/mol. The largest absolute Gasteiger partial charge is 0.375 e. The summed E-state index contributed by atoms with van der Waals surface area (Å²) in [5.41, 5.74) is 0.00371. The van der Waals surface area contributed by atoms with Crippen molar-refractivity contribution in [2.45, 2.75) is 44.1 Å². The van der Waals surface area contributed by atoms with Gasteiger partial charge in [-0.3, -0.25) is 4.79 Å². The van der Waals surface area contributed by atoms with E-state index in [2.05, 4.69) is 4.98 Å². The molecule has 4 nitrogen and oxygen atoms in total. The van der Waals surface area contributed by atoms with E-state index in [0.717, 1.165) is 32.3 Å². The Bertz CT molecular complexity index is 446. The molecule has 1 aromatic heterocycles. The van der Waals surface area contributed by atoms with Gasteiger partial charge in [-0.05, 0) is 25.7 Å². The highest BCUT2D eigenvalue weighted by molar-refractivity contribution is 5.94. The summed E-state index contributed by atoms with van der Waals surface area (Å²) in [4.78, 5) is 16.7. The van der Waals surface area contributed by atoms with Crippen LogP contribution in [0.3, 0.4) is 0 Å². The first-order valence-corrected chi connectivity index (χ1v) is 6.86. The molecule has 2 fully saturated rings. The lowest BCUT2D eigenvalue weighted by molar-refractivity contribution is -0.0867. The van der Waals surface area contributed by atoms with Crippen molar-refractivity contribution in [3.63, 3.8) is 0 Å². The molecule has 1 aliphatic heterocycles. The molecule has 98 valence electrons. The maximum absolute atomic E-state index is 12.5. The van der Waals surface area contributed by atoms with Gasteiger partial charge in [-0.2, -0.15) is 0 Å². The first-order chi connectivity index (χ1) is 8.70. The highest BCUT2D eigenvalue weighted by Crippen LogP contribution is 2.42. The Morgan fingerprint density at radius 1 is 1.50 bits per heavy atom. The number of hydrogen-bond acceptors (Lipinski definition) is 3. The molecule has 1 atom stereocenters. The van der Waals surface area contributed by atoms with Crippen molar-refractivity contribution in [1.82, 2.24) is 9.55 Å². The first kappa shape index (κ1) is 11.9. The van der Waals surface area contributed by atoms with Gasteiger partial charge in [0.25, 0.3) is 0 Å². The van der Waals surface area contributed by atoms with Crippen LogP contribution in [-0.2, 0) is 11.8 Å². The van der Waals surface area contributed by atoms with Gasteiger partial charge in [-0.1, -0.05) is 12.8 Å². The van der Waals surface area contributed by atoms with Crippen LogP contribution >= 0.6 is 0 Å². The summed E-state index contributed by atoms with van der Waals surface area (Å²) in [5, 5.41) is 0. The number of aromatic nitrogens is 2. The summed E-state index contributed by atoms with van der Waals surface area (Å²) in [6.07, 6.45) is 9.98. The van der Waals surface area contributed by atoms with Crippen LogP contribution in [0.5, 0.6) is 0 Å². The third-order valence-electron chi connectivity index (χ3n) is 4.42. The molecule has 0 radical (unpaired) electrons. The third-order valence-corrected chi connectivity index (χ3v) is 4.42. The fourth-order valence-electron chi connectivity index (χ4n) is 3.40. The zero-order valence-corrected chi connectivity index (χ0v) is 10.9. The molecule has 2 aliphatic rings. The molecule has 0 amide bonds. The molecule has 2 heterocycles. The van der Waals surface area contributed by atoms with Gasteiger partial charge in [-0.25, -0.2) is 4.98 Å². The second-order valence-corrected chi connectivity index (χ2v) is 5.65. The molecule has 18 heavy (non-hydrogen) atoms. The molecule has 1 aromatic rings. The fraction of sp³-hybridized carbons (Fsp3) is 0.714. The van der Waals surface area contributed by atoms with Crippen molar-refractivity contribution in [2.75, 3.05) is 6.61 Å². The van der Waals surface area contributed by atoms with E-state index in [9.17, 15) is 4.79 Å². The van der Waals surface area contributed by atoms with E-state index in [-0.39, 0.29) is 17.3 Å². The van der Waals surface area contributed by atoms with Crippen LogP contribution < -0.4 is 0 Å². The summed E-state index contributed by atoms with van der Waals surface area (Å²) < 4.78 is 7.79. The molecule has 1 saturated carbocycles. The third kappa shape index (κ3) is 1.99. The quantitative estimate of drug-likeness (QED) is 0.755. The van der Waals surface area contributed by atoms with Gasteiger partial charge in [0.1, 0.15) is 0 Å². The maximum atomic E-state index is 12.5. The minimum atomic E-state index is 0.00371. The van der Waals surface area contributed by atoms with Crippen LogP contribution in [-0.4, -0.2) is 27.5 Å². The van der Waals surface area contributed by atoms with Crippen LogP contribution in [0.1, 0.15) is 49.1 Å². The zero-order chi connectivity index (χ0) is 12.6. The lowest BCUT2D eigenvalue weighted by Gasteiger charge is -2.37. The average Bonchev–Trinajstić information content (AvgIpc) is 2.98. The summed E-state index contributed by atoms with van der Waals surface area (Å²) in [5.74, 6) is 0.880. The highest BCUT2D eigenvalue weighted by Gasteiger charge is 2.42. The van der Waals surface area contributed by atoms with Gasteiger partial charge in [0.2, 0.25) is 5.78 Å². The zero-order valence-electron chi connectivity index (χ0n) is 10.9. The van der Waals surface area contributed by atoms with E-state index in [1.54, 1.807) is 6.20 Å². The number of carbonyl (C=O) groups is 1. The van der Waals surface area contributed by atoms with E-state index in [4.69, 9.17) is 4.74 Å². The average molecular weight is 248 g/mol. The van der Waals surface area contributed by atoms with Crippen molar-refractivity contribution < 1.29 is 9.53 Å². The highest BCUT2D eigenvalue weighted by atomic mass is 16.5. The Labute approximate surface area is 107 Å².